The lowest BCUT2D eigenvalue weighted by Gasteiger charge is -2.21. The normalized spacial score (nSPS) is 13.9. The van der Waals surface area contributed by atoms with E-state index >= 15 is 0 Å². The fourth-order valence-electron chi connectivity index (χ4n) is 4.49. The van der Waals surface area contributed by atoms with E-state index in [9.17, 15) is 9.18 Å². The first-order valence-corrected chi connectivity index (χ1v) is 12.0. The summed E-state index contributed by atoms with van der Waals surface area (Å²) in [5.74, 6) is 0.657. The number of furan rings is 1. The second-order valence-corrected chi connectivity index (χ2v) is 9.45. The van der Waals surface area contributed by atoms with Crippen LogP contribution in [0.25, 0.3) is 22.6 Å². The van der Waals surface area contributed by atoms with E-state index in [1.54, 1.807) is 47.3 Å². The Bertz CT molecular complexity index is 1720. The number of benzene rings is 1. The molecule has 0 unspecified atom stereocenters. The van der Waals surface area contributed by atoms with E-state index in [1.165, 1.54) is 12.3 Å². The Morgan fingerprint density at radius 3 is 2.76 bits per heavy atom. The fraction of sp³-hybridized carbons (Fsp3) is 0.185. The van der Waals surface area contributed by atoms with Crippen LogP contribution in [0.3, 0.4) is 0 Å². The van der Waals surface area contributed by atoms with Crippen LogP contribution in [0.4, 0.5) is 10.2 Å². The van der Waals surface area contributed by atoms with Gasteiger partial charge in [-0.3, -0.25) is 4.79 Å². The number of hydrogen-bond acceptors (Lipinski definition) is 8. The third kappa shape index (κ3) is 3.88. The number of nitrogens with zero attached hydrogens (tertiary/aromatic N) is 6. The lowest BCUT2D eigenvalue weighted by molar-refractivity contribution is 0.0941. The van der Waals surface area contributed by atoms with E-state index in [0.29, 0.717) is 45.3 Å². The fourth-order valence-corrected chi connectivity index (χ4v) is 4.49. The number of carbonyl (C=O) groups excluding carboxylic acids is 1. The van der Waals surface area contributed by atoms with Crippen molar-refractivity contribution in [1.29, 1.82) is 0 Å². The van der Waals surface area contributed by atoms with Gasteiger partial charge in [0.1, 0.15) is 28.8 Å². The summed E-state index contributed by atoms with van der Waals surface area (Å²) >= 11 is 0. The van der Waals surface area contributed by atoms with Crippen LogP contribution < -0.4 is 11.1 Å². The Morgan fingerprint density at radius 1 is 1.13 bits per heavy atom. The van der Waals surface area contributed by atoms with E-state index in [1.807, 2.05) is 19.9 Å². The molecule has 6 rings (SSSR count). The van der Waals surface area contributed by atoms with Gasteiger partial charge in [0, 0.05) is 17.3 Å². The molecule has 0 fully saturated rings. The predicted octanol–water partition coefficient (Wildman–Crippen LogP) is 3.88. The summed E-state index contributed by atoms with van der Waals surface area (Å²) in [6, 6.07) is 13.6. The Morgan fingerprint density at radius 2 is 1.97 bits per heavy atom. The van der Waals surface area contributed by atoms with Gasteiger partial charge in [-0.25, -0.2) is 29.0 Å². The molecular weight excluding hydrogens is 487 g/mol. The van der Waals surface area contributed by atoms with Crippen molar-refractivity contribution < 1.29 is 13.6 Å². The Hall–Kier alpha value is -4.93. The smallest absolute Gasteiger partial charge is 0.270 e. The zero-order valence-corrected chi connectivity index (χ0v) is 20.6. The zero-order valence-electron chi connectivity index (χ0n) is 20.6. The van der Waals surface area contributed by atoms with E-state index in [2.05, 4.69) is 25.3 Å². The van der Waals surface area contributed by atoms with E-state index in [0.717, 1.165) is 0 Å². The molecule has 5 heterocycles. The number of aliphatic imine (C=N–C) groups is 1. The number of rotatable bonds is 6. The molecule has 0 atom stereocenters. The first-order valence-electron chi connectivity index (χ1n) is 12.0. The van der Waals surface area contributed by atoms with Crippen molar-refractivity contribution >= 4 is 28.6 Å². The first-order chi connectivity index (χ1) is 18.3. The molecule has 0 radical (unpaired) electrons. The summed E-state index contributed by atoms with van der Waals surface area (Å²) in [6.45, 7) is 4.07. The zero-order chi connectivity index (χ0) is 26.4. The van der Waals surface area contributed by atoms with E-state index < -0.39 is 11.3 Å². The molecule has 0 saturated heterocycles. The van der Waals surface area contributed by atoms with Gasteiger partial charge in [0.05, 0.1) is 30.2 Å². The number of halogens is 1. The van der Waals surface area contributed by atoms with Crippen LogP contribution in [-0.2, 0) is 18.5 Å². The number of nitrogens with one attached hydrogen (secondary N) is 1. The number of amides is 1. The molecule has 1 aliphatic rings. The molecule has 0 saturated carbocycles. The maximum absolute atomic E-state index is 14.4. The Kier molecular flexibility index (Phi) is 5.48. The Balaban J connectivity index is 1.47. The molecule has 1 amide bonds. The van der Waals surface area contributed by atoms with Crippen LogP contribution in [0, 0.1) is 5.82 Å². The van der Waals surface area contributed by atoms with Crippen molar-refractivity contribution in [2.45, 2.75) is 32.4 Å². The van der Waals surface area contributed by atoms with Gasteiger partial charge in [0.2, 0.25) is 0 Å². The number of amidine groups is 1. The predicted molar refractivity (Wildman–Crippen MR) is 138 cm³/mol. The monoisotopic (exact) mass is 510 g/mol. The van der Waals surface area contributed by atoms with Crippen LogP contribution in [-0.4, -0.2) is 36.5 Å². The number of nitrogens with two attached hydrogens (primary N) is 1. The van der Waals surface area contributed by atoms with Gasteiger partial charge in [0.15, 0.2) is 17.3 Å². The maximum Gasteiger partial charge on any atom is 0.270 e. The summed E-state index contributed by atoms with van der Waals surface area (Å²) in [5, 5.41) is 8.20. The minimum atomic E-state index is -0.751. The molecule has 3 N–H and O–H groups in total. The molecule has 190 valence electrons. The molecule has 4 aromatic heterocycles. The number of aromatic nitrogens is 5. The molecule has 0 bridgehead atoms. The molecule has 1 aromatic carbocycles. The number of pyridine rings is 1. The lowest BCUT2D eigenvalue weighted by atomic mass is 9.84. The van der Waals surface area contributed by atoms with Gasteiger partial charge < -0.3 is 15.5 Å². The van der Waals surface area contributed by atoms with Crippen LogP contribution in [0.15, 0.2) is 70.4 Å². The average Bonchev–Trinajstić information content (AvgIpc) is 3.61. The number of fused-ring (bicyclic) bond motifs is 2. The van der Waals surface area contributed by atoms with Crippen molar-refractivity contribution in [1.82, 2.24) is 30.0 Å². The summed E-state index contributed by atoms with van der Waals surface area (Å²) in [5.41, 5.74) is 7.55. The van der Waals surface area contributed by atoms with Gasteiger partial charge >= 0.3 is 0 Å². The second-order valence-electron chi connectivity index (χ2n) is 9.45. The molecule has 5 aromatic rings. The highest BCUT2D eigenvalue weighted by Crippen LogP contribution is 2.40. The summed E-state index contributed by atoms with van der Waals surface area (Å²) in [7, 11) is 0. The van der Waals surface area contributed by atoms with Gasteiger partial charge in [-0.15, -0.1) is 0 Å². The standard InChI is InChI=1S/C27H23FN8O2/c1-27(2)19-21(25(37)31-13-16-8-6-12-38-16)32-23(33-22(19)34-26(27)29)20-17-9-5-11-30-24(17)36(35-20)14-15-7-3-4-10-18(15)28/h3-12H,13-14H2,1-2H3,(H,31,37)(H2,29,32,33,34). The summed E-state index contributed by atoms with van der Waals surface area (Å²) in [4.78, 5) is 31.7. The molecule has 1 aliphatic heterocycles. The van der Waals surface area contributed by atoms with Crippen LogP contribution >= 0.6 is 0 Å². The molecule has 11 heteroatoms. The van der Waals surface area contributed by atoms with Gasteiger partial charge in [-0.05, 0) is 44.2 Å². The highest BCUT2D eigenvalue weighted by Gasteiger charge is 2.40. The van der Waals surface area contributed by atoms with Crippen molar-refractivity contribution in [3.63, 3.8) is 0 Å². The van der Waals surface area contributed by atoms with Crippen molar-refractivity contribution in [3.05, 3.63) is 89.4 Å². The first kappa shape index (κ1) is 23.5. The molecule has 38 heavy (non-hydrogen) atoms. The molecular formula is C27H23FN8O2. The lowest BCUT2D eigenvalue weighted by Crippen LogP contribution is -2.35. The highest BCUT2D eigenvalue weighted by molar-refractivity contribution is 6.04. The minimum Gasteiger partial charge on any atom is -0.467 e. The largest absolute Gasteiger partial charge is 0.467 e. The van der Waals surface area contributed by atoms with E-state index in [-0.39, 0.29) is 30.4 Å². The van der Waals surface area contributed by atoms with Crippen LogP contribution in [0.2, 0.25) is 0 Å². The SMILES string of the molecule is CC1(C)C(N)=Nc2nc(-c3nn(Cc4ccccc4F)c4ncccc34)nc(C(=O)NCc3ccco3)c21. The topological polar surface area (TPSA) is 137 Å². The van der Waals surface area contributed by atoms with Gasteiger partial charge in [-0.2, -0.15) is 5.10 Å². The summed E-state index contributed by atoms with van der Waals surface area (Å²) in [6.07, 6.45) is 3.17. The molecule has 10 nitrogen and oxygen atoms in total. The van der Waals surface area contributed by atoms with Crippen molar-refractivity contribution in [2.24, 2.45) is 10.7 Å². The third-order valence-corrected chi connectivity index (χ3v) is 6.60. The molecule has 0 spiro atoms. The Labute approximate surface area is 216 Å². The quantitative estimate of drug-likeness (QED) is 0.354. The summed E-state index contributed by atoms with van der Waals surface area (Å²) < 4.78 is 21.3. The number of hydrogen-bond donors (Lipinski definition) is 2. The number of carbonyl (C=O) groups is 1. The van der Waals surface area contributed by atoms with E-state index in [4.69, 9.17) is 15.2 Å². The molecule has 0 aliphatic carbocycles. The maximum atomic E-state index is 14.4. The highest BCUT2D eigenvalue weighted by atomic mass is 19.1. The van der Waals surface area contributed by atoms with Crippen LogP contribution in [0.1, 0.15) is 41.2 Å². The van der Waals surface area contributed by atoms with Gasteiger partial charge in [0.25, 0.3) is 5.91 Å². The van der Waals surface area contributed by atoms with Crippen molar-refractivity contribution in [3.8, 4) is 11.5 Å². The van der Waals surface area contributed by atoms with Crippen molar-refractivity contribution in [2.75, 3.05) is 0 Å². The van der Waals surface area contributed by atoms with Crippen LogP contribution in [0.5, 0.6) is 0 Å². The average molecular weight is 511 g/mol. The van der Waals surface area contributed by atoms with Gasteiger partial charge in [-0.1, -0.05) is 18.2 Å². The second kappa shape index (κ2) is 8.87. The third-order valence-electron chi connectivity index (χ3n) is 6.60. The minimum absolute atomic E-state index is 0.145.